The van der Waals surface area contributed by atoms with Crippen LogP contribution in [0.1, 0.15) is 26.3 Å². The lowest BCUT2D eigenvalue weighted by Gasteiger charge is -2.19. The number of para-hydroxylation sites is 2. The molecule has 5 aromatic rings. The number of halogens is 1. The third-order valence-electron chi connectivity index (χ3n) is 5.62. The number of hydrogen-bond donors (Lipinski definition) is 0. The van der Waals surface area contributed by atoms with Crippen LogP contribution in [0.15, 0.2) is 81.0 Å². The van der Waals surface area contributed by atoms with E-state index in [1.165, 1.54) is 18.3 Å². The molecule has 0 amide bonds. The number of nitrogens with zero attached hydrogens (tertiary/aromatic N) is 4. The molecule has 3 aromatic carbocycles. The molecular weight excluding hydrogens is 508 g/mol. The van der Waals surface area contributed by atoms with Crippen molar-refractivity contribution in [3.63, 3.8) is 0 Å². The first kappa shape index (κ1) is 25.2. The van der Waals surface area contributed by atoms with Crippen LogP contribution in [0.5, 0.6) is 5.75 Å². The Balaban J connectivity index is 1.70. The molecule has 0 unspecified atom stereocenters. The molecule has 38 heavy (non-hydrogen) atoms. The maximum atomic E-state index is 13.5. The Morgan fingerprint density at radius 2 is 1.87 bits per heavy atom. The normalized spacial score (nSPS) is 12.0. The van der Waals surface area contributed by atoms with Crippen LogP contribution in [0, 0.1) is 15.5 Å². The van der Waals surface area contributed by atoms with Crippen molar-refractivity contribution in [1.82, 2.24) is 9.66 Å². The van der Waals surface area contributed by atoms with Gasteiger partial charge < -0.3 is 9.15 Å². The summed E-state index contributed by atoms with van der Waals surface area (Å²) >= 11 is 6.20. The highest BCUT2D eigenvalue weighted by Gasteiger charge is 2.23. The van der Waals surface area contributed by atoms with E-state index >= 15 is 0 Å². The molecule has 0 spiro atoms. The molecule has 0 saturated heterocycles. The molecule has 0 radical (unpaired) electrons. The summed E-state index contributed by atoms with van der Waals surface area (Å²) in [6, 6.07) is 18.8. The molecule has 2 aromatic heterocycles. The van der Waals surface area contributed by atoms with Crippen molar-refractivity contribution in [2.75, 3.05) is 6.61 Å². The fourth-order valence-corrected chi connectivity index (χ4v) is 4.10. The number of nitro groups is 1. The number of rotatable bonds is 6. The highest BCUT2D eigenvalue weighted by atomic mass is 35.5. The van der Waals surface area contributed by atoms with Crippen LogP contribution in [0.25, 0.3) is 33.5 Å². The average molecular weight is 531 g/mol. The summed E-state index contributed by atoms with van der Waals surface area (Å²) < 4.78 is 13.0. The van der Waals surface area contributed by atoms with Crippen LogP contribution in [0.4, 0.5) is 5.69 Å². The highest BCUT2D eigenvalue weighted by molar-refractivity contribution is 6.31. The van der Waals surface area contributed by atoms with Crippen molar-refractivity contribution in [1.29, 1.82) is 0 Å². The second-order valence-electron chi connectivity index (χ2n) is 9.91. The summed E-state index contributed by atoms with van der Waals surface area (Å²) in [5.41, 5.74) is 0.343. The third-order valence-corrected chi connectivity index (χ3v) is 5.84. The van der Waals surface area contributed by atoms with Crippen molar-refractivity contribution in [3.8, 4) is 17.3 Å². The molecule has 0 aliphatic rings. The van der Waals surface area contributed by atoms with E-state index in [0.717, 1.165) is 10.1 Å². The number of hydrogen-bond acceptors (Lipinski definition) is 7. The molecule has 0 fully saturated rings. The van der Waals surface area contributed by atoms with Crippen molar-refractivity contribution >= 4 is 45.4 Å². The van der Waals surface area contributed by atoms with Crippen LogP contribution < -0.4 is 10.3 Å². The van der Waals surface area contributed by atoms with Gasteiger partial charge in [0.2, 0.25) is 11.6 Å². The average Bonchev–Trinajstić information content (AvgIpc) is 3.30. The molecule has 192 valence electrons. The minimum Gasteiger partial charge on any atom is -0.486 e. The maximum absolute atomic E-state index is 13.5. The first-order valence-electron chi connectivity index (χ1n) is 11.8. The van der Waals surface area contributed by atoms with E-state index in [1.807, 2.05) is 45.0 Å². The summed E-state index contributed by atoms with van der Waals surface area (Å²) in [5.74, 6) is 0.521. The van der Waals surface area contributed by atoms with Crippen molar-refractivity contribution in [2.24, 2.45) is 10.5 Å². The van der Waals surface area contributed by atoms with Crippen LogP contribution in [0.2, 0.25) is 5.02 Å². The molecule has 0 atom stereocenters. The van der Waals surface area contributed by atoms with E-state index in [1.54, 1.807) is 30.3 Å². The van der Waals surface area contributed by atoms with E-state index < -0.39 is 10.5 Å². The summed E-state index contributed by atoms with van der Waals surface area (Å²) in [4.78, 5) is 29.4. The number of nitro benzene ring substituents is 1. The topological polar surface area (TPSA) is 113 Å². The van der Waals surface area contributed by atoms with Gasteiger partial charge in [-0.1, -0.05) is 62.7 Å². The monoisotopic (exact) mass is 530 g/mol. The van der Waals surface area contributed by atoms with Crippen molar-refractivity contribution in [2.45, 2.75) is 20.8 Å². The Kier molecular flexibility index (Phi) is 6.46. The van der Waals surface area contributed by atoms with Gasteiger partial charge in [-0.3, -0.25) is 14.9 Å². The fraction of sp³-hybridized carbons (Fsp3) is 0.179. The van der Waals surface area contributed by atoms with Crippen LogP contribution >= 0.6 is 11.6 Å². The largest absolute Gasteiger partial charge is 0.486 e. The Bertz CT molecular complexity index is 1750. The van der Waals surface area contributed by atoms with E-state index in [4.69, 9.17) is 20.8 Å². The fourth-order valence-electron chi connectivity index (χ4n) is 3.88. The summed E-state index contributed by atoms with van der Waals surface area (Å²) in [5, 5.41) is 17.5. The van der Waals surface area contributed by atoms with E-state index in [0.29, 0.717) is 22.2 Å². The summed E-state index contributed by atoms with van der Waals surface area (Å²) in [7, 11) is 0. The lowest BCUT2D eigenvalue weighted by atomic mass is 9.98. The zero-order valence-corrected chi connectivity index (χ0v) is 21.6. The van der Waals surface area contributed by atoms with Gasteiger partial charge in [0, 0.05) is 22.0 Å². The van der Waals surface area contributed by atoms with Gasteiger partial charge in [-0.15, -0.1) is 0 Å². The standard InChI is InChI=1S/C28H23ClN4O5/c1-28(2,3)16-37-25-18(12-19(29)14-22(25)33(35)36)15-30-32-26(24-13-17-8-4-7-11-23(17)38-24)31-21-10-6-5-9-20(21)27(32)34/h4-15H,16H2,1-3H3. The summed E-state index contributed by atoms with van der Waals surface area (Å²) in [6.45, 7) is 6.05. The molecule has 2 heterocycles. The SMILES string of the molecule is CC(C)(C)COc1c(C=Nn2c(-c3cc4ccccc4o3)nc3ccccc3c2=O)cc(Cl)cc1[N+](=O)[O-]. The molecule has 0 aliphatic heterocycles. The van der Waals surface area contributed by atoms with Gasteiger partial charge in [0.25, 0.3) is 5.56 Å². The predicted molar refractivity (Wildman–Crippen MR) is 147 cm³/mol. The number of fused-ring (bicyclic) bond motifs is 2. The van der Waals surface area contributed by atoms with Crippen LogP contribution in [-0.4, -0.2) is 27.4 Å². The Morgan fingerprint density at radius 1 is 1.13 bits per heavy atom. The van der Waals surface area contributed by atoms with Crippen LogP contribution in [0.3, 0.4) is 0 Å². The molecule has 10 heteroatoms. The van der Waals surface area contributed by atoms with Gasteiger partial charge >= 0.3 is 5.69 Å². The zero-order chi connectivity index (χ0) is 27.0. The smallest absolute Gasteiger partial charge is 0.313 e. The van der Waals surface area contributed by atoms with Gasteiger partial charge in [0.15, 0.2) is 5.76 Å². The quantitative estimate of drug-likeness (QED) is 0.137. The van der Waals surface area contributed by atoms with Gasteiger partial charge in [-0.2, -0.15) is 9.78 Å². The molecule has 0 bridgehead atoms. The second kappa shape index (κ2) is 9.75. The minimum atomic E-state index is -0.565. The molecular formula is C28H23ClN4O5. The van der Waals surface area contributed by atoms with Crippen molar-refractivity contribution in [3.05, 3.63) is 97.8 Å². The Morgan fingerprint density at radius 3 is 2.61 bits per heavy atom. The highest BCUT2D eigenvalue weighted by Crippen LogP contribution is 2.35. The zero-order valence-electron chi connectivity index (χ0n) is 20.8. The Hall–Kier alpha value is -4.50. The van der Waals surface area contributed by atoms with Gasteiger partial charge in [-0.25, -0.2) is 4.98 Å². The number of aromatic nitrogens is 2. The van der Waals surface area contributed by atoms with Gasteiger partial charge in [0.1, 0.15) is 5.58 Å². The first-order chi connectivity index (χ1) is 18.1. The molecule has 0 saturated carbocycles. The van der Waals surface area contributed by atoms with Crippen molar-refractivity contribution < 1.29 is 14.1 Å². The maximum Gasteiger partial charge on any atom is 0.313 e. The molecule has 0 N–H and O–H groups in total. The van der Waals surface area contributed by atoms with Gasteiger partial charge in [-0.05, 0) is 35.7 Å². The number of ether oxygens (including phenoxy) is 1. The molecule has 9 nitrogen and oxygen atoms in total. The second-order valence-corrected chi connectivity index (χ2v) is 10.3. The Labute approximate surface area is 222 Å². The molecule has 0 aliphatic carbocycles. The van der Waals surface area contributed by atoms with Crippen LogP contribution in [-0.2, 0) is 0 Å². The first-order valence-corrected chi connectivity index (χ1v) is 12.1. The number of benzene rings is 3. The van der Waals surface area contributed by atoms with E-state index in [-0.39, 0.29) is 39.9 Å². The van der Waals surface area contributed by atoms with Gasteiger partial charge in [0.05, 0.1) is 28.6 Å². The lowest BCUT2D eigenvalue weighted by Crippen LogP contribution is -2.20. The van der Waals surface area contributed by atoms with E-state index in [2.05, 4.69) is 10.1 Å². The number of furan rings is 1. The molecule has 5 rings (SSSR count). The third kappa shape index (κ3) is 5.01. The summed E-state index contributed by atoms with van der Waals surface area (Å²) in [6.07, 6.45) is 1.31. The lowest BCUT2D eigenvalue weighted by molar-refractivity contribution is -0.385. The predicted octanol–water partition coefficient (Wildman–Crippen LogP) is 6.68. The van der Waals surface area contributed by atoms with E-state index in [9.17, 15) is 14.9 Å². The minimum absolute atomic E-state index is 0.00478.